The molecule has 0 amide bonds. The third kappa shape index (κ3) is 2.92. The van der Waals surface area contributed by atoms with E-state index >= 15 is 0 Å². The summed E-state index contributed by atoms with van der Waals surface area (Å²) in [5.41, 5.74) is 2.97. The summed E-state index contributed by atoms with van der Waals surface area (Å²) < 4.78 is 0. The lowest BCUT2D eigenvalue weighted by molar-refractivity contribution is 0.340. The summed E-state index contributed by atoms with van der Waals surface area (Å²) in [7, 11) is 0. The highest BCUT2D eigenvalue weighted by atomic mass is 14.4. The van der Waals surface area contributed by atoms with Crippen LogP contribution in [0.1, 0.15) is 49.7 Å². The average Bonchev–Trinajstić information content (AvgIpc) is 2.57. The molecule has 0 heterocycles. The molecule has 0 spiro atoms. The van der Waals surface area contributed by atoms with Crippen LogP contribution in [0.3, 0.4) is 0 Å². The van der Waals surface area contributed by atoms with E-state index in [0.717, 1.165) is 38.5 Å². The highest BCUT2D eigenvalue weighted by molar-refractivity contribution is 5.39. The molecule has 0 aliphatic heterocycles. The number of benzene rings is 2. The third-order valence-corrected chi connectivity index (χ3v) is 5.15. The molecule has 0 saturated heterocycles. The molecule has 22 heavy (non-hydrogen) atoms. The van der Waals surface area contributed by atoms with Crippen molar-refractivity contribution >= 4 is 0 Å². The van der Waals surface area contributed by atoms with Crippen molar-refractivity contribution < 1.29 is 0 Å². The van der Waals surface area contributed by atoms with Gasteiger partial charge in [0, 0.05) is 11.3 Å². The van der Waals surface area contributed by atoms with Gasteiger partial charge in [-0.05, 0) is 36.8 Å². The Balaban J connectivity index is 1.99. The lowest BCUT2D eigenvalue weighted by atomic mass is 9.66. The third-order valence-electron chi connectivity index (χ3n) is 5.15. The van der Waals surface area contributed by atoms with Gasteiger partial charge in [-0.1, -0.05) is 73.5 Å². The number of hydrogen-bond acceptors (Lipinski definition) is 1. The van der Waals surface area contributed by atoms with Crippen molar-refractivity contribution in [2.45, 2.75) is 43.9 Å². The van der Waals surface area contributed by atoms with Crippen LogP contribution in [-0.2, 0) is 5.41 Å². The van der Waals surface area contributed by atoms with E-state index in [0.29, 0.717) is 0 Å². The average molecular weight is 289 g/mol. The summed E-state index contributed by atoms with van der Waals surface area (Å²) >= 11 is 0. The van der Waals surface area contributed by atoms with Crippen LogP contribution in [-0.4, -0.2) is 0 Å². The zero-order valence-electron chi connectivity index (χ0n) is 13.0. The fraction of sp³-hybridized carbons (Fsp3) is 0.381. The first-order valence-corrected chi connectivity index (χ1v) is 8.36. The highest BCUT2D eigenvalue weighted by Crippen LogP contribution is 2.43. The summed E-state index contributed by atoms with van der Waals surface area (Å²) in [5, 5.41) is 9.22. The zero-order valence-corrected chi connectivity index (χ0v) is 13.0. The quantitative estimate of drug-likeness (QED) is 0.719. The van der Waals surface area contributed by atoms with Gasteiger partial charge in [-0.2, -0.15) is 5.26 Å². The molecule has 1 saturated carbocycles. The molecular weight excluding hydrogens is 266 g/mol. The fourth-order valence-electron chi connectivity index (χ4n) is 3.96. The number of nitrogens with zero attached hydrogens (tertiary/aromatic N) is 1. The smallest absolute Gasteiger partial charge is 0.0655 e. The predicted octanol–water partition coefficient (Wildman–Crippen LogP) is 5.47. The van der Waals surface area contributed by atoms with Crippen LogP contribution in [0.5, 0.6) is 0 Å². The molecule has 0 aromatic heterocycles. The van der Waals surface area contributed by atoms with E-state index in [-0.39, 0.29) is 11.3 Å². The lowest BCUT2D eigenvalue weighted by Crippen LogP contribution is -2.29. The highest BCUT2D eigenvalue weighted by Gasteiger charge is 2.34. The molecule has 1 heteroatoms. The molecule has 1 fully saturated rings. The summed E-state index contributed by atoms with van der Waals surface area (Å²) in [6, 6.07) is 24.4. The molecule has 1 aliphatic carbocycles. The minimum absolute atomic E-state index is 0.114. The first-order valence-electron chi connectivity index (χ1n) is 8.36. The number of rotatable bonds is 2. The molecule has 0 radical (unpaired) electrons. The Labute approximate surface area is 133 Å². The summed E-state index contributed by atoms with van der Waals surface area (Å²) in [5.74, 6) is 0.254. The van der Waals surface area contributed by atoms with Gasteiger partial charge in [0.05, 0.1) is 6.07 Å². The van der Waals surface area contributed by atoms with Gasteiger partial charge < -0.3 is 0 Å². The zero-order chi connectivity index (χ0) is 15.3. The Hall–Kier alpha value is -2.07. The van der Waals surface area contributed by atoms with Gasteiger partial charge >= 0.3 is 0 Å². The second kappa shape index (κ2) is 6.79. The summed E-state index contributed by atoms with van der Waals surface area (Å²) in [4.78, 5) is 0. The minimum Gasteiger partial charge on any atom is -0.198 e. The Morgan fingerprint density at radius 2 is 1.23 bits per heavy atom. The van der Waals surface area contributed by atoms with Gasteiger partial charge in [-0.25, -0.2) is 0 Å². The van der Waals surface area contributed by atoms with E-state index in [1.807, 2.05) is 0 Å². The van der Waals surface area contributed by atoms with Crippen molar-refractivity contribution in [3.8, 4) is 6.07 Å². The van der Waals surface area contributed by atoms with Gasteiger partial charge in [0.15, 0.2) is 0 Å². The van der Waals surface area contributed by atoms with E-state index in [4.69, 9.17) is 0 Å². The molecule has 0 unspecified atom stereocenters. The van der Waals surface area contributed by atoms with E-state index in [1.165, 1.54) is 11.1 Å². The van der Waals surface area contributed by atoms with Gasteiger partial charge in [0.2, 0.25) is 0 Å². The minimum atomic E-state index is 0.114. The number of hydrogen-bond donors (Lipinski definition) is 0. The predicted molar refractivity (Wildman–Crippen MR) is 90.5 cm³/mol. The normalized spacial score (nSPS) is 18.9. The van der Waals surface area contributed by atoms with Crippen LogP contribution in [0, 0.1) is 17.2 Å². The van der Waals surface area contributed by atoms with Gasteiger partial charge in [0.1, 0.15) is 0 Å². The van der Waals surface area contributed by atoms with Crippen LogP contribution in [0.4, 0.5) is 0 Å². The number of nitriles is 1. The Bertz CT molecular complexity index is 572. The molecule has 0 N–H and O–H groups in total. The maximum absolute atomic E-state index is 9.22. The standard InChI is InChI=1S/C21H23N/c22-17-18-9-7-15-21(16-8-10-18,19-11-3-1-4-12-19)20-13-5-2-6-14-20/h1-6,11-14,18H,7-10,15-16H2. The Morgan fingerprint density at radius 1 is 0.773 bits per heavy atom. The first-order chi connectivity index (χ1) is 10.8. The maximum atomic E-state index is 9.22. The van der Waals surface area contributed by atoms with Crippen LogP contribution in [0.2, 0.25) is 0 Å². The van der Waals surface area contributed by atoms with Gasteiger partial charge in [-0.15, -0.1) is 0 Å². The van der Waals surface area contributed by atoms with Crippen LogP contribution in [0.25, 0.3) is 0 Å². The largest absolute Gasteiger partial charge is 0.198 e. The molecule has 112 valence electrons. The Kier molecular flexibility index (Phi) is 4.59. The molecule has 3 rings (SSSR count). The SMILES string of the molecule is N#CC1CCCC(c2ccccc2)(c2ccccc2)CCC1. The van der Waals surface area contributed by atoms with Crippen molar-refractivity contribution in [3.63, 3.8) is 0 Å². The maximum Gasteiger partial charge on any atom is 0.0655 e. The fourth-order valence-corrected chi connectivity index (χ4v) is 3.96. The van der Waals surface area contributed by atoms with E-state index in [9.17, 15) is 5.26 Å². The van der Waals surface area contributed by atoms with E-state index in [1.54, 1.807) is 0 Å². The second-order valence-corrected chi connectivity index (χ2v) is 6.42. The van der Waals surface area contributed by atoms with Crippen LogP contribution < -0.4 is 0 Å². The van der Waals surface area contributed by atoms with Gasteiger partial charge in [0.25, 0.3) is 0 Å². The first kappa shape index (κ1) is 14.9. The molecule has 0 bridgehead atoms. The molecule has 1 aliphatic rings. The monoisotopic (exact) mass is 289 g/mol. The van der Waals surface area contributed by atoms with E-state index < -0.39 is 0 Å². The van der Waals surface area contributed by atoms with Crippen molar-refractivity contribution in [2.24, 2.45) is 5.92 Å². The van der Waals surface area contributed by atoms with Crippen LogP contribution >= 0.6 is 0 Å². The summed E-state index contributed by atoms with van der Waals surface area (Å²) in [6.07, 6.45) is 6.61. The molecule has 0 atom stereocenters. The molecular formula is C21H23N. The summed E-state index contributed by atoms with van der Waals surface area (Å²) in [6.45, 7) is 0. The van der Waals surface area contributed by atoms with Gasteiger partial charge in [-0.3, -0.25) is 0 Å². The van der Waals surface area contributed by atoms with Crippen molar-refractivity contribution in [1.82, 2.24) is 0 Å². The Morgan fingerprint density at radius 3 is 1.64 bits per heavy atom. The van der Waals surface area contributed by atoms with Crippen LogP contribution in [0.15, 0.2) is 60.7 Å². The second-order valence-electron chi connectivity index (χ2n) is 6.42. The molecule has 1 nitrogen and oxygen atoms in total. The van der Waals surface area contributed by atoms with Crippen molar-refractivity contribution in [2.75, 3.05) is 0 Å². The molecule has 2 aromatic carbocycles. The molecule has 2 aromatic rings. The lowest BCUT2D eigenvalue weighted by Gasteiger charge is -2.37. The topological polar surface area (TPSA) is 23.8 Å². The van der Waals surface area contributed by atoms with E-state index in [2.05, 4.69) is 66.7 Å². The van der Waals surface area contributed by atoms with Crippen molar-refractivity contribution in [3.05, 3.63) is 71.8 Å². The van der Waals surface area contributed by atoms with Crippen molar-refractivity contribution in [1.29, 1.82) is 5.26 Å².